The third-order valence-corrected chi connectivity index (χ3v) is 4.47. The molecule has 2 aliphatic rings. The van der Waals surface area contributed by atoms with Crippen LogP contribution in [0.15, 0.2) is 30.0 Å². The Morgan fingerprint density at radius 2 is 2.05 bits per heavy atom. The van der Waals surface area contributed by atoms with E-state index in [1.165, 1.54) is 4.90 Å². The smallest absolute Gasteiger partial charge is 0.352 e. The minimum atomic E-state index is -1.11. The standard InChI is InChI=1S/C16H18N2O4/c1-8(19)13-12-6-11(10-4-2-9(7-17)3-5-10)14(16(21)22)18(12)15(13)20/h2-5,8,12-13,19H,6-7,17H2,1H3,(H,21,22)/t8?,12-,13-/m1/s1. The molecule has 1 fully saturated rings. The summed E-state index contributed by atoms with van der Waals surface area (Å²) in [6, 6.07) is 7.10. The molecule has 22 heavy (non-hydrogen) atoms. The number of benzene rings is 1. The number of hydrogen-bond donors (Lipinski definition) is 3. The number of aliphatic carboxylic acids is 1. The number of aliphatic hydroxyl groups is 1. The number of carboxylic acids is 1. The van der Waals surface area contributed by atoms with Crippen molar-refractivity contribution in [3.63, 3.8) is 0 Å². The van der Waals surface area contributed by atoms with Crippen molar-refractivity contribution in [1.82, 2.24) is 4.90 Å². The number of hydrogen-bond acceptors (Lipinski definition) is 4. The summed E-state index contributed by atoms with van der Waals surface area (Å²) in [6.07, 6.45) is -0.326. The van der Waals surface area contributed by atoms with Crippen molar-refractivity contribution in [2.75, 3.05) is 0 Å². The second kappa shape index (κ2) is 5.23. The van der Waals surface area contributed by atoms with E-state index >= 15 is 0 Å². The number of nitrogens with two attached hydrogens (primary N) is 1. The largest absolute Gasteiger partial charge is 0.477 e. The van der Waals surface area contributed by atoms with Gasteiger partial charge in [0.2, 0.25) is 5.91 Å². The maximum atomic E-state index is 12.1. The highest BCUT2D eigenvalue weighted by molar-refractivity contribution is 6.06. The van der Waals surface area contributed by atoms with Gasteiger partial charge in [-0.15, -0.1) is 0 Å². The van der Waals surface area contributed by atoms with Crippen LogP contribution in [-0.4, -0.2) is 39.1 Å². The Hall–Kier alpha value is -2.18. The Morgan fingerprint density at radius 1 is 1.41 bits per heavy atom. The molecule has 0 radical (unpaired) electrons. The van der Waals surface area contributed by atoms with E-state index in [1.54, 1.807) is 6.92 Å². The van der Waals surface area contributed by atoms with Gasteiger partial charge < -0.3 is 20.8 Å². The van der Waals surface area contributed by atoms with Crippen LogP contribution in [0.5, 0.6) is 0 Å². The third kappa shape index (κ3) is 2.03. The van der Waals surface area contributed by atoms with Crippen LogP contribution in [-0.2, 0) is 16.1 Å². The summed E-state index contributed by atoms with van der Waals surface area (Å²) >= 11 is 0. The van der Waals surface area contributed by atoms with Crippen LogP contribution in [0.4, 0.5) is 0 Å². The van der Waals surface area contributed by atoms with Gasteiger partial charge >= 0.3 is 5.97 Å². The van der Waals surface area contributed by atoms with Gasteiger partial charge in [-0.05, 0) is 30.0 Å². The number of carboxylic acid groups (broad SMARTS) is 1. The van der Waals surface area contributed by atoms with E-state index in [1.807, 2.05) is 24.3 Å². The van der Waals surface area contributed by atoms with E-state index in [0.29, 0.717) is 18.5 Å². The van der Waals surface area contributed by atoms with E-state index in [0.717, 1.165) is 11.1 Å². The summed E-state index contributed by atoms with van der Waals surface area (Å²) in [5.41, 5.74) is 7.97. The fourth-order valence-electron chi connectivity index (χ4n) is 3.37. The zero-order chi connectivity index (χ0) is 16.0. The summed E-state index contributed by atoms with van der Waals surface area (Å²) in [4.78, 5) is 25.0. The molecule has 3 atom stereocenters. The normalized spacial score (nSPS) is 25.0. The lowest BCUT2D eigenvalue weighted by molar-refractivity contribution is -0.161. The molecule has 0 aliphatic carbocycles. The first-order valence-corrected chi connectivity index (χ1v) is 7.22. The van der Waals surface area contributed by atoms with E-state index < -0.39 is 18.0 Å². The first-order valence-electron chi connectivity index (χ1n) is 7.22. The maximum absolute atomic E-state index is 12.1. The fourth-order valence-corrected chi connectivity index (χ4v) is 3.37. The van der Waals surface area contributed by atoms with E-state index in [2.05, 4.69) is 0 Å². The number of nitrogens with zero attached hydrogens (tertiary/aromatic N) is 1. The van der Waals surface area contributed by atoms with Gasteiger partial charge in [0, 0.05) is 6.54 Å². The highest BCUT2D eigenvalue weighted by atomic mass is 16.4. The Kier molecular flexibility index (Phi) is 3.50. The molecule has 6 nitrogen and oxygen atoms in total. The highest BCUT2D eigenvalue weighted by Crippen LogP contribution is 2.46. The molecule has 1 aromatic carbocycles. The molecule has 116 valence electrons. The highest BCUT2D eigenvalue weighted by Gasteiger charge is 2.56. The molecule has 0 aromatic heterocycles. The van der Waals surface area contributed by atoms with E-state index in [4.69, 9.17) is 5.73 Å². The van der Waals surface area contributed by atoms with Crippen molar-refractivity contribution in [3.05, 3.63) is 41.1 Å². The molecule has 4 N–H and O–H groups in total. The second-order valence-electron chi connectivity index (χ2n) is 5.78. The quantitative estimate of drug-likeness (QED) is 0.705. The van der Waals surface area contributed by atoms with E-state index in [-0.39, 0.29) is 17.6 Å². The van der Waals surface area contributed by atoms with Crippen LogP contribution in [0.3, 0.4) is 0 Å². The lowest BCUT2D eigenvalue weighted by Gasteiger charge is -2.44. The molecular formula is C16H18N2O4. The van der Waals surface area contributed by atoms with Gasteiger partial charge in [0.15, 0.2) is 0 Å². The second-order valence-corrected chi connectivity index (χ2v) is 5.78. The molecule has 0 bridgehead atoms. The summed E-state index contributed by atoms with van der Waals surface area (Å²) < 4.78 is 0. The van der Waals surface area contributed by atoms with E-state index in [9.17, 15) is 19.8 Å². The topological polar surface area (TPSA) is 104 Å². The number of β-lactam (4-membered cyclic amide) rings is 1. The Morgan fingerprint density at radius 3 is 2.55 bits per heavy atom. The van der Waals surface area contributed by atoms with Crippen molar-refractivity contribution < 1.29 is 19.8 Å². The molecule has 0 saturated carbocycles. The first kappa shape index (κ1) is 14.7. The summed E-state index contributed by atoms with van der Waals surface area (Å²) in [5.74, 6) is -1.95. The van der Waals surface area contributed by atoms with Crippen molar-refractivity contribution in [3.8, 4) is 0 Å². The Bertz CT molecular complexity index is 663. The van der Waals surface area contributed by atoms with Gasteiger partial charge in [-0.2, -0.15) is 0 Å². The number of rotatable bonds is 4. The summed E-state index contributed by atoms with van der Waals surface area (Å²) in [7, 11) is 0. The van der Waals surface area contributed by atoms with Gasteiger partial charge in [-0.25, -0.2) is 4.79 Å². The average Bonchev–Trinajstić information content (AvgIpc) is 2.82. The van der Waals surface area contributed by atoms with Crippen molar-refractivity contribution in [1.29, 1.82) is 0 Å². The monoisotopic (exact) mass is 302 g/mol. The number of fused-ring (bicyclic) bond motifs is 1. The van der Waals surface area contributed by atoms with Crippen LogP contribution in [0, 0.1) is 5.92 Å². The van der Waals surface area contributed by atoms with Crippen LogP contribution < -0.4 is 5.73 Å². The van der Waals surface area contributed by atoms with Crippen LogP contribution in [0.1, 0.15) is 24.5 Å². The molecule has 1 saturated heterocycles. The molecular weight excluding hydrogens is 284 g/mol. The van der Waals surface area contributed by atoms with Crippen molar-refractivity contribution in [2.45, 2.75) is 32.0 Å². The van der Waals surface area contributed by atoms with Crippen LogP contribution in [0.2, 0.25) is 0 Å². The zero-order valence-corrected chi connectivity index (χ0v) is 12.2. The minimum Gasteiger partial charge on any atom is -0.477 e. The molecule has 1 unspecified atom stereocenters. The third-order valence-electron chi connectivity index (χ3n) is 4.47. The van der Waals surface area contributed by atoms with Gasteiger partial charge in [0.05, 0.1) is 18.1 Å². The molecule has 2 heterocycles. The number of carbonyl (C=O) groups is 2. The number of carbonyl (C=O) groups excluding carboxylic acids is 1. The molecule has 3 rings (SSSR count). The minimum absolute atomic E-state index is 0.0346. The molecule has 2 aliphatic heterocycles. The first-order chi connectivity index (χ1) is 10.5. The zero-order valence-electron chi connectivity index (χ0n) is 12.2. The van der Waals surface area contributed by atoms with Crippen LogP contribution >= 0.6 is 0 Å². The fraction of sp³-hybridized carbons (Fsp3) is 0.375. The van der Waals surface area contributed by atoms with Gasteiger partial charge in [0.1, 0.15) is 5.70 Å². The molecule has 1 amide bonds. The SMILES string of the molecule is CC(O)[C@H]1C(=O)N2C(C(=O)O)=C(c3ccc(CN)cc3)C[C@H]12. The Balaban J connectivity index is 1.99. The maximum Gasteiger partial charge on any atom is 0.352 e. The van der Waals surface area contributed by atoms with Crippen molar-refractivity contribution >= 4 is 17.4 Å². The number of amides is 1. The van der Waals surface area contributed by atoms with Gasteiger partial charge in [-0.3, -0.25) is 4.79 Å². The van der Waals surface area contributed by atoms with Crippen LogP contribution in [0.25, 0.3) is 5.57 Å². The average molecular weight is 302 g/mol. The summed E-state index contributed by atoms with van der Waals surface area (Å²) in [5, 5.41) is 19.2. The molecule has 1 aromatic rings. The summed E-state index contributed by atoms with van der Waals surface area (Å²) in [6.45, 7) is 1.98. The lowest BCUT2D eigenvalue weighted by atomic mass is 9.82. The van der Waals surface area contributed by atoms with Crippen molar-refractivity contribution in [2.24, 2.45) is 11.7 Å². The van der Waals surface area contributed by atoms with Gasteiger partial charge in [-0.1, -0.05) is 24.3 Å². The predicted octanol–water partition coefficient (Wildman–Crippen LogP) is 0.552. The molecule has 0 spiro atoms. The Labute approximate surface area is 127 Å². The lowest BCUT2D eigenvalue weighted by Crippen LogP contribution is -2.61. The predicted molar refractivity (Wildman–Crippen MR) is 79.3 cm³/mol. The van der Waals surface area contributed by atoms with Gasteiger partial charge in [0.25, 0.3) is 0 Å². The number of aliphatic hydroxyl groups excluding tert-OH is 1. The molecule has 6 heteroatoms.